The molecule has 1 aliphatic rings. The summed E-state index contributed by atoms with van der Waals surface area (Å²) in [5.74, 6) is 0.753. The van der Waals surface area contributed by atoms with Crippen LogP contribution in [0.15, 0.2) is 24.3 Å². The van der Waals surface area contributed by atoms with Crippen LogP contribution in [0.1, 0.15) is 25.8 Å². The molecule has 1 heterocycles. The Morgan fingerprint density at radius 2 is 2.06 bits per heavy atom. The Balaban J connectivity index is 2.04. The van der Waals surface area contributed by atoms with Crippen LogP contribution in [-0.4, -0.2) is 25.7 Å². The summed E-state index contributed by atoms with van der Waals surface area (Å²) in [6.45, 7) is 10.1. The number of hydrogen-bond donors (Lipinski definition) is 1. The van der Waals surface area contributed by atoms with Crippen LogP contribution in [0.4, 0.5) is 5.69 Å². The first-order chi connectivity index (χ1) is 8.20. The number of nitrogens with zero attached hydrogens (tertiary/aromatic N) is 1. The van der Waals surface area contributed by atoms with Gasteiger partial charge >= 0.3 is 0 Å². The van der Waals surface area contributed by atoms with Gasteiger partial charge in [0.2, 0.25) is 0 Å². The molecule has 1 aromatic carbocycles. The maximum Gasteiger partial charge on any atom is 0.0367 e. The average Bonchev–Trinajstić information content (AvgIpc) is 2.39. The molecule has 1 fully saturated rings. The van der Waals surface area contributed by atoms with Gasteiger partial charge in [0.15, 0.2) is 0 Å². The Bertz CT molecular complexity index is 344. The Hall–Kier alpha value is -1.02. The van der Waals surface area contributed by atoms with Gasteiger partial charge in [-0.15, -0.1) is 0 Å². The van der Waals surface area contributed by atoms with Gasteiger partial charge in [-0.1, -0.05) is 38.0 Å². The molecule has 2 heteroatoms. The molecule has 0 amide bonds. The Labute approximate surface area is 105 Å². The van der Waals surface area contributed by atoms with Crippen molar-refractivity contribution in [3.05, 3.63) is 29.8 Å². The lowest BCUT2D eigenvalue weighted by Crippen LogP contribution is -2.53. The Kier molecular flexibility index (Phi) is 4.06. The fourth-order valence-corrected chi connectivity index (χ4v) is 2.43. The smallest absolute Gasteiger partial charge is 0.0367 e. The van der Waals surface area contributed by atoms with Crippen LogP contribution in [0.25, 0.3) is 0 Å². The van der Waals surface area contributed by atoms with Crippen molar-refractivity contribution in [3.8, 4) is 0 Å². The fraction of sp³-hybridized carbons (Fsp3) is 0.600. The first-order valence-electron chi connectivity index (χ1n) is 6.75. The minimum atomic E-state index is 0.634. The second-order valence-corrected chi connectivity index (χ2v) is 5.23. The normalized spacial score (nSPS) is 22.5. The number of rotatable bonds is 3. The van der Waals surface area contributed by atoms with Gasteiger partial charge in [-0.2, -0.15) is 0 Å². The predicted octanol–water partition coefficient (Wildman–Crippen LogP) is 2.82. The molecule has 1 N–H and O–H groups in total. The highest BCUT2D eigenvalue weighted by atomic mass is 15.2. The highest BCUT2D eigenvalue weighted by Gasteiger charge is 2.23. The van der Waals surface area contributed by atoms with Crippen LogP contribution in [0.5, 0.6) is 0 Å². The highest BCUT2D eigenvalue weighted by Crippen LogP contribution is 2.19. The summed E-state index contributed by atoms with van der Waals surface area (Å²) in [4.78, 5) is 2.51. The minimum absolute atomic E-state index is 0.634. The largest absolute Gasteiger partial charge is 0.369 e. The SMILES string of the molecule is CCC(C)C1CN(c2ccc(C)cc2)CCN1. The maximum atomic E-state index is 3.64. The summed E-state index contributed by atoms with van der Waals surface area (Å²) >= 11 is 0. The van der Waals surface area contributed by atoms with E-state index in [1.165, 1.54) is 17.7 Å². The molecule has 17 heavy (non-hydrogen) atoms. The molecule has 2 rings (SSSR count). The molecule has 0 aliphatic carbocycles. The first-order valence-corrected chi connectivity index (χ1v) is 6.75. The van der Waals surface area contributed by atoms with Gasteiger partial charge in [0, 0.05) is 31.4 Å². The van der Waals surface area contributed by atoms with Crippen LogP contribution in [0.2, 0.25) is 0 Å². The molecule has 2 nitrogen and oxygen atoms in total. The van der Waals surface area contributed by atoms with Crippen LogP contribution < -0.4 is 10.2 Å². The zero-order valence-electron chi connectivity index (χ0n) is 11.2. The maximum absolute atomic E-state index is 3.64. The van der Waals surface area contributed by atoms with Gasteiger partial charge in [0.1, 0.15) is 0 Å². The van der Waals surface area contributed by atoms with Gasteiger partial charge in [0.25, 0.3) is 0 Å². The molecule has 1 aliphatic heterocycles. The standard InChI is InChI=1S/C15H24N2/c1-4-13(3)15-11-17(10-9-16-15)14-7-5-12(2)6-8-14/h5-8,13,15-16H,4,9-11H2,1-3H3. The molecule has 0 aromatic heterocycles. The van der Waals surface area contributed by atoms with E-state index in [1.807, 2.05) is 0 Å². The second-order valence-electron chi connectivity index (χ2n) is 5.23. The van der Waals surface area contributed by atoms with Crippen LogP contribution in [-0.2, 0) is 0 Å². The van der Waals surface area contributed by atoms with Gasteiger partial charge in [-0.05, 0) is 25.0 Å². The van der Waals surface area contributed by atoms with Crippen molar-refractivity contribution in [2.45, 2.75) is 33.2 Å². The summed E-state index contributed by atoms with van der Waals surface area (Å²) in [6, 6.07) is 9.53. The third-order valence-electron chi connectivity index (χ3n) is 3.94. The number of nitrogens with one attached hydrogen (secondary N) is 1. The highest BCUT2D eigenvalue weighted by molar-refractivity contribution is 5.48. The van der Waals surface area contributed by atoms with E-state index in [4.69, 9.17) is 0 Å². The van der Waals surface area contributed by atoms with Gasteiger partial charge < -0.3 is 10.2 Å². The van der Waals surface area contributed by atoms with Gasteiger partial charge in [0.05, 0.1) is 0 Å². The van der Waals surface area contributed by atoms with E-state index in [1.54, 1.807) is 0 Å². The molecule has 94 valence electrons. The lowest BCUT2D eigenvalue weighted by atomic mass is 9.97. The molecule has 0 spiro atoms. The van der Waals surface area contributed by atoms with Crippen LogP contribution in [0.3, 0.4) is 0 Å². The van der Waals surface area contributed by atoms with E-state index in [-0.39, 0.29) is 0 Å². The van der Waals surface area contributed by atoms with Crippen molar-refractivity contribution < 1.29 is 0 Å². The topological polar surface area (TPSA) is 15.3 Å². The van der Waals surface area contributed by atoms with E-state index < -0.39 is 0 Å². The Morgan fingerprint density at radius 3 is 2.71 bits per heavy atom. The summed E-state index contributed by atoms with van der Waals surface area (Å²) in [5, 5.41) is 3.64. The zero-order chi connectivity index (χ0) is 12.3. The first kappa shape index (κ1) is 12.4. The van der Waals surface area contributed by atoms with Crippen LogP contribution >= 0.6 is 0 Å². The van der Waals surface area contributed by atoms with E-state index in [9.17, 15) is 0 Å². The van der Waals surface area contributed by atoms with E-state index in [0.717, 1.165) is 25.6 Å². The molecule has 0 radical (unpaired) electrons. The average molecular weight is 232 g/mol. The Morgan fingerprint density at radius 1 is 1.35 bits per heavy atom. The molecule has 0 saturated carbocycles. The lowest BCUT2D eigenvalue weighted by Gasteiger charge is -2.38. The fourth-order valence-electron chi connectivity index (χ4n) is 2.43. The number of hydrogen-bond acceptors (Lipinski definition) is 2. The number of aryl methyl sites for hydroxylation is 1. The van der Waals surface area contributed by atoms with Crippen LogP contribution in [0, 0.1) is 12.8 Å². The monoisotopic (exact) mass is 232 g/mol. The summed E-state index contributed by atoms with van der Waals surface area (Å²) < 4.78 is 0. The molecular formula is C15H24N2. The lowest BCUT2D eigenvalue weighted by molar-refractivity contribution is 0.342. The summed E-state index contributed by atoms with van der Waals surface area (Å²) in [6.07, 6.45) is 1.25. The molecule has 1 aromatic rings. The van der Waals surface area contributed by atoms with Crippen molar-refractivity contribution in [2.75, 3.05) is 24.5 Å². The molecule has 0 bridgehead atoms. The zero-order valence-corrected chi connectivity index (χ0v) is 11.2. The summed E-state index contributed by atoms with van der Waals surface area (Å²) in [7, 11) is 0. The van der Waals surface area contributed by atoms with Gasteiger partial charge in [-0.25, -0.2) is 0 Å². The van der Waals surface area contributed by atoms with Crippen molar-refractivity contribution in [2.24, 2.45) is 5.92 Å². The summed E-state index contributed by atoms with van der Waals surface area (Å²) in [5.41, 5.74) is 2.70. The van der Waals surface area contributed by atoms with Gasteiger partial charge in [-0.3, -0.25) is 0 Å². The van der Waals surface area contributed by atoms with Crippen molar-refractivity contribution in [3.63, 3.8) is 0 Å². The van der Waals surface area contributed by atoms with E-state index in [2.05, 4.69) is 55.3 Å². The van der Waals surface area contributed by atoms with Crippen molar-refractivity contribution in [1.82, 2.24) is 5.32 Å². The third kappa shape index (κ3) is 3.01. The molecule has 2 atom stereocenters. The third-order valence-corrected chi connectivity index (χ3v) is 3.94. The number of anilines is 1. The van der Waals surface area contributed by atoms with Crippen molar-refractivity contribution in [1.29, 1.82) is 0 Å². The molecule has 2 unspecified atom stereocenters. The number of piperazine rings is 1. The second kappa shape index (κ2) is 5.54. The molecular weight excluding hydrogens is 208 g/mol. The predicted molar refractivity (Wildman–Crippen MR) is 74.6 cm³/mol. The quantitative estimate of drug-likeness (QED) is 0.862. The number of benzene rings is 1. The van der Waals surface area contributed by atoms with E-state index >= 15 is 0 Å². The van der Waals surface area contributed by atoms with Crippen molar-refractivity contribution >= 4 is 5.69 Å². The van der Waals surface area contributed by atoms with E-state index in [0.29, 0.717) is 6.04 Å². The minimum Gasteiger partial charge on any atom is -0.369 e. The molecule has 1 saturated heterocycles.